The number of halogens is 5. The number of nitrogens with one attached hydrogen (secondary N) is 1. The van der Waals surface area contributed by atoms with E-state index in [1.165, 1.54) is 37.3 Å². The number of rotatable bonds is 8. The Labute approximate surface area is 227 Å². The van der Waals surface area contributed by atoms with Gasteiger partial charge in [0.1, 0.15) is 0 Å². The summed E-state index contributed by atoms with van der Waals surface area (Å²) < 4.78 is 68.2. The molecule has 4 rings (SSSR count). The van der Waals surface area contributed by atoms with Crippen molar-refractivity contribution in [3.63, 3.8) is 0 Å². The Balaban J connectivity index is 1.53. The fourth-order valence-electron chi connectivity index (χ4n) is 4.29. The quantitative estimate of drug-likeness (QED) is 0.481. The van der Waals surface area contributed by atoms with E-state index < -0.39 is 46.6 Å². The van der Waals surface area contributed by atoms with Gasteiger partial charge in [-0.25, -0.2) is 12.8 Å². The van der Waals surface area contributed by atoms with Gasteiger partial charge in [0, 0.05) is 27.6 Å². The average Bonchev–Trinajstić information content (AvgIpc) is 3.52. The third-order valence-electron chi connectivity index (χ3n) is 6.42. The topological polar surface area (TPSA) is 97.3 Å². The van der Waals surface area contributed by atoms with Crippen molar-refractivity contribution in [3.05, 3.63) is 68.7 Å². The Morgan fingerprint density at radius 1 is 1.24 bits per heavy atom. The summed E-state index contributed by atoms with van der Waals surface area (Å²) in [6.45, 7) is 1.11. The number of hydroxylamine groups is 1. The fourth-order valence-corrected chi connectivity index (χ4v) is 5.73. The van der Waals surface area contributed by atoms with Crippen molar-refractivity contribution in [2.75, 3.05) is 25.6 Å². The van der Waals surface area contributed by atoms with Gasteiger partial charge in [0.15, 0.2) is 6.67 Å². The molecule has 0 bridgehead atoms. The second-order valence-corrected chi connectivity index (χ2v) is 12.0. The van der Waals surface area contributed by atoms with Crippen LogP contribution in [-0.4, -0.2) is 62.0 Å². The Hall–Kier alpha value is -2.38. The molecular formula is C24H24Cl2F3N3O5S. The maximum atomic E-state index is 15.0. The molecule has 8 nitrogen and oxygen atoms in total. The highest BCUT2D eigenvalue weighted by Gasteiger charge is 2.61. The zero-order valence-electron chi connectivity index (χ0n) is 20.3. The van der Waals surface area contributed by atoms with Crippen LogP contribution >= 0.6 is 23.2 Å². The van der Waals surface area contributed by atoms with Crippen LogP contribution in [0, 0.1) is 6.92 Å². The van der Waals surface area contributed by atoms with Gasteiger partial charge < -0.3 is 10.2 Å². The van der Waals surface area contributed by atoms with Crippen LogP contribution < -0.4 is 5.32 Å². The van der Waals surface area contributed by atoms with Crippen molar-refractivity contribution in [1.29, 1.82) is 0 Å². The van der Waals surface area contributed by atoms with Gasteiger partial charge in [0.25, 0.3) is 5.91 Å². The first-order chi connectivity index (χ1) is 17.8. The van der Waals surface area contributed by atoms with Crippen molar-refractivity contribution in [2.24, 2.45) is 5.16 Å². The molecule has 1 fully saturated rings. The van der Waals surface area contributed by atoms with Crippen LogP contribution in [0.2, 0.25) is 10.0 Å². The molecule has 38 heavy (non-hydrogen) atoms. The van der Waals surface area contributed by atoms with E-state index in [0.717, 1.165) is 4.47 Å². The largest absolute Gasteiger partial charge is 0.377 e. The number of sulfonamides is 1. The lowest BCUT2D eigenvalue weighted by Crippen LogP contribution is -2.47. The third kappa shape index (κ3) is 5.37. The van der Waals surface area contributed by atoms with E-state index in [1.807, 2.05) is 0 Å². The summed E-state index contributed by atoms with van der Waals surface area (Å²) in [4.78, 5) is 23.3. The van der Waals surface area contributed by atoms with Crippen LogP contribution in [0.1, 0.15) is 40.4 Å². The third-order valence-corrected chi connectivity index (χ3v) is 8.46. The summed E-state index contributed by atoms with van der Waals surface area (Å²) in [5.74, 6) is -4.55. The van der Waals surface area contributed by atoms with Crippen molar-refractivity contribution in [3.8, 4) is 0 Å². The van der Waals surface area contributed by atoms with Crippen LogP contribution in [-0.2, 0) is 25.3 Å². The average molecular weight is 594 g/mol. The number of aryl methyl sites for hydroxylation is 1. The summed E-state index contributed by atoms with van der Waals surface area (Å²) in [7, 11) is -3.56. The molecule has 2 aromatic rings. The number of carbonyl (C=O) groups excluding carboxylic acids is 1. The Kier molecular flexibility index (Phi) is 8.02. The van der Waals surface area contributed by atoms with E-state index in [0.29, 0.717) is 11.1 Å². The molecule has 2 aliphatic rings. The minimum Gasteiger partial charge on any atom is -0.377 e. The summed E-state index contributed by atoms with van der Waals surface area (Å²) in [5.41, 5.74) is -1.29. The van der Waals surface area contributed by atoms with Crippen LogP contribution in [0.3, 0.4) is 0 Å². The van der Waals surface area contributed by atoms with E-state index in [4.69, 9.17) is 32.9 Å². The second kappa shape index (κ2) is 10.6. The van der Waals surface area contributed by atoms with Crippen LogP contribution in [0.5, 0.6) is 0 Å². The second-order valence-electron chi connectivity index (χ2n) is 9.01. The molecule has 2 aromatic carbocycles. The van der Waals surface area contributed by atoms with E-state index in [9.17, 15) is 26.4 Å². The zero-order chi connectivity index (χ0) is 27.9. The number of hydrogen-bond acceptors (Lipinski definition) is 6. The molecule has 1 saturated heterocycles. The Morgan fingerprint density at radius 3 is 2.53 bits per heavy atom. The highest BCUT2D eigenvalue weighted by atomic mass is 35.5. The fraction of sp³-hybridized carbons (Fsp3) is 0.417. The van der Waals surface area contributed by atoms with Gasteiger partial charge in [-0.2, -0.15) is 8.78 Å². The van der Waals surface area contributed by atoms with Gasteiger partial charge in [-0.1, -0.05) is 38.9 Å². The predicted octanol–water partition coefficient (Wildman–Crippen LogP) is 4.62. The number of benzene rings is 2. The lowest BCUT2D eigenvalue weighted by Gasteiger charge is -2.33. The highest BCUT2D eigenvalue weighted by molar-refractivity contribution is 7.88. The highest BCUT2D eigenvalue weighted by Crippen LogP contribution is 2.49. The maximum Gasteiger partial charge on any atom is 0.321 e. The molecule has 1 amide bonds. The van der Waals surface area contributed by atoms with Crippen LogP contribution in [0.15, 0.2) is 41.6 Å². The summed E-state index contributed by atoms with van der Waals surface area (Å²) >= 11 is 12.0. The monoisotopic (exact) mass is 593 g/mol. The van der Waals surface area contributed by atoms with Gasteiger partial charge in [-0.3, -0.25) is 9.63 Å². The number of nitrogens with zero attached hydrogens (tertiary/aromatic N) is 2. The van der Waals surface area contributed by atoms with Gasteiger partial charge in [-0.05, 0) is 55.3 Å². The summed E-state index contributed by atoms with van der Waals surface area (Å²) in [6, 6.07) is 7.84. The van der Waals surface area contributed by atoms with Crippen molar-refractivity contribution in [1.82, 2.24) is 9.79 Å². The van der Waals surface area contributed by atoms with Crippen molar-refractivity contribution in [2.45, 2.75) is 37.8 Å². The van der Waals surface area contributed by atoms with Gasteiger partial charge >= 0.3 is 5.92 Å². The molecule has 2 heterocycles. The minimum atomic E-state index is -3.95. The first-order valence-electron chi connectivity index (χ1n) is 11.5. The summed E-state index contributed by atoms with van der Waals surface area (Å²) in [6.07, 6.45) is -0.479. The van der Waals surface area contributed by atoms with Gasteiger partial charge in [-0.15, -0.1) is 0 Å². The smallest absolute Gasteiger partial charge is 0.321 e. The number of oxime groups is 1. The molecule has 1 unspecified atom stereocenters. The molecular weight excluding hydrogens is 570 g/mol. The first kappa shape index (κ1) is 28.6. The van der Waals surface area contributed by atoms with Crippen LogP contribution in [0.4, 0.5) is 13.2 Å². The standard InChI is InChI=1S/C24H24Cl2F3N3O5S/c1-3-38(34,35)32-11-19(12-36-32)30-22(33)20-5-4-15(6-14(20)2)21-10-23(37-31-21,24(28,29)13-27)16-7-17(25)9-18(26)8-16/h4-9,19H,3,10-13H2,1-2H3,(H,30,33)/t19-,23?/m1/s1. The SMILES string of the molecule is CCS(=O)(=O)N1C[C@@H](NC(=O)c2ccc(C3=NOC(c4cc(Cl)cc(Cl)c4)(C(F)(F)CF)C3)cc2C)CO1. The molecule has 0 aromatic heterocycles. The first-order valence-corrected chi connectivity index (χ1v) is 13.9. The van der Waals surface area contributed by atoms with E-state index in [2.05, 4.69) is 10.5 Å². The molecule has 1 N–H and O–H groups in total. The maximum absolute atomic E-state index is 15.0. The molecule has 0 aliphatic carbocycles. The normalized spacial score (nSPS) is 22.3. The summed E-state index contributed by atoms with van der Waals surface area (Å²) in [5, 5.41) is 6.74. The number of amides is 1. The predicted molar refractivity (Wildman–Crippen MR) is 136 cm³/mol. The minimum absolute atomic E-state index is 0.00533. The Bertz CT molecular complexity index is 1370. The lowest BCUT2D eigenvalue weighted by molar-refractivity contribution is -0.210. The van der Waals surface area contributed by atoms with Crippen molar-refractivity contribution >= 4 is 44.8 Å². The number of carbonyl (C=O) groups is 1. The molecule has 206 valence electrons. The molecule has 2 aliphatic heterocycles. The van der Waals surface area contributed by atoms with Gasteiger partial charge in [0.2, 0.25) is 15.6 Å². The molecule has 0 radical (unpaired) electrons. The van der Waals surface area contributed by atoms with Crippen molar-refractivity contribution < 1.29 is 36.1 Å². The number of alkyl halides is 3. The molecule has 14 heteroatoms. The van der Waals surface area contributed by atoms with Crippen LogP contribution in [0.25, 0.3) is 0 Å². The van der Waals surface area contributed by atoms with E-state index >= 15 is 0 Å². The zero-order valence-corrected chi connectivity index (χ0v) is 22.6. The molecule has 0 spiro atoms. The molecule has 0 saturated carbocycles. The Morgan fingerprint density at radius 2 is 1.92 bits per heavy atom. The molecule has 2 atom stereocenters. The van der Waals surface area contributed by atoms with E-state index in [1.54, 1.807) is 13.0 Å². The van der Waals surface area contributed by atoms with Gasteiger partial charge in [0.05, 0.1) is 30.7 Å². The number of hydrogen-bond donors (Lipinski definition) is 1. The van der Waals surface area contributed by atoms with E-state index in [-0.39, 0.29) is 45.8 Å². The lowest BCUT2D eigenvalue weighted by atomic mass is 9.82.